The highest BCUT2D eigenvalue weighted by molar-refractivity contribution is 6.03. The second-order valence-corrected chi connectivity index (χ2v) is 4.72. The molecule has 118 valence electrons. The molecule has 3 rings (SSSR count). The van der Waals surface area contributed by atoms with Crippen LogP contribution >= 0.6 is 0 Å². The average molecular weight is 318 g/mol. The van der Waals surface area contributed by atoms with Crippen molar-refractivity contribution in [1.82, 2.24) is 15.3 Å². The van der Waals surface area contributed by atoms with E-state index in [2.05, 4.69) is 20.4 Å². The highest BCUT2D eigenvalue weighted by Gasteiger charge is 2.33. The van der Waals surface area contributed by atoms with Crippen molar-refractivity contribution >= 4 is 34.4 Å². The molecule has 2 aromatic rings. The van der Waals surface area contributed by atoms with Crippen LogP contribution in [0.1, 0.15) is 12.8 Å². The van der Waals surface area contributed by atoms with E-state index in [0.29, 0.717) is 5.06 Å². The van der Waals surface area contributed by atoms with Crippen LogP contribution in [0.3, 0.4) is 0 Å². The predicted octanol–water partition coefficient (Wildman–Crippen LogP) is -0.171. The summed E-state index contributed by atoms with van der Waals surface area (Å²) in [5.74, 6) is -1.25. The lowest BCUT2D eigenvalue weighted by Crippen LogP contribution is -2.34. The third-order valence-electron chi connectivity index (χ3n) is 3.24. The van der Waals surface area contributed by atoms with Gasteiger partial charge in [-0.15, -0.1) is 5.06 Å². The van der Waals surface area contributed by atoms with Gasteiger partial charge < -0.3 is 4.84 Å². The minimum Gasteiger partial charge on any atom is -0.311 e. The van der Waals surface area contributed by atoms with Crippen LogP contribution in [0.25, 0.3) is 10.8 Å². The molecule has 0 spiro atoms. The fourth-order valence-corrected chi connectivity index (χ4v) is 2.21. The summed E-state index contributed by atoms with van der Waals surface area (Å²) in [5.41, 5.74) is -1.15. The topological polar surface area (TPSA) is 141 Å². The monoisotopic (exact) mass is 318 g/mol. The summed E-state index contributed by atoms with van der Waals surface area (Å²) in [7, 11) is 0. The van der Waals surface area contributed by atoms with Crippen LogP contribution < -0.4 is 16.4 Å². The predicted molar refractivity (Wildman–Crippen MR) is 76.4 cm³/mol. The first-order chi connectivity index (χ1) is 11.0. The molecule has 23 heavy (non-hydrogen) atoms. The number of nitrogens with one attached hydrogen (secondary N) is 3. The van der Waals surface area contributed by atoms with E-state index in [-0.39, 0.29) is 29.3 Å². The number of imide groups is 1. The number of carbonyl (C=O) groups excluding carboxylic acids is 3. The molecule has 0 atom stereocenters. The van der Waals surface area contributed by atoms with Gasteiger partial charge in [-0.1, -0.05) is 6.07 Å². The van der Waals surface area contributed by atoms with Crippen LogP contribution in [-0.4, -0.2) is 33.2 Å². The van der Waals surface area contributed by atoms with Crippen LogP contribution in [0.15, 0.2) is 27.8 Å². The van der Waals surface area contributed by atoms with Crippen LogP contribution in [0.5, 0.6) is 0 Å². The summed E-state index contributed by atoms with van der Waals surface area (Å²) < 4.78 is 0. The molecule has 1 aliphatic rings. The van der Waals surface area contributed by atoms with Gasteiger partial charge in [0.25, 0.3) is 22.9 Å². The molecule has 3 N–H and O–H groups in total. The van der Waals surface area contributed by atoms with E-state index >= 15 is 0 Å². The summed E-state index contributed by atoms with van der Waals surface area (Å²) >= 11 is 0. The molecule has 0 bridgehead atoms. The molecule has 0 radical (unpaired) electrons. The summed E-state index contributed by atoms with van der Waals surface area (Å²) in [5, 5.41) is 6.93. The number of H-pyrrole nitrogens is 2. The van der Waals surface area contributed by atoms with E-state index in [9.17, 15) is 24.0 Å². The molecule has 0 saturated carbocycles. The highest BCUT2D eigenvalue weighted by Crippen LogP contribution is 2.18. The fourth-order valence-electron chi connectivity index (χ4n) is 2.21. The first-order valence-corrected chi connectivity index (χ1v) is 6.56. The number of benzene rings is 1. The maximum absolute atomic E-state index is 11.8. The Kier molecular flexibility index (Phi) is 3.41. The van der Waals surface area contributed by atoms with E-state index < -0.39 is 29.0 Å². The molecule has 3 amide bonds. The lowest BCUT2D eigenvalue weighted by molar-refractivity contribution is -0.170. The molecule has 1 fully saturated rings. The highest BCUT2D eigenvalue weighted by atomic mass is 16.7. The van der Waals surface area contributed by atoms with Crippen molar-refractivity contribution in [2.75, 3.05) is 5.32 Å². The normalized spacial score (nSPS) is 14.3. The number of hydrogen-bond acceptors (Lipinski definition) is 6. The van der Waals surface area contributed by atoms with Crippen molar-refractivity contribution in [3.63, 3.8) is 0 Å². The van der Waals surface area contributed by atoms with Crippen LogP contribution in [-0.2, 0) is 14.4 Å². The maximum Gasteiger partial charge on any atom is 0.436 e. The Hall–Kier alpha value is -3.43. The van der Waals surface area contributed by atoms with Gasteiger partial charge in [0.1, 0.15) is 0 Å². The Morgan fingerprint density at radius 2 is 1.70 bits per heavy atom. The average Bonchev–Trinajstić information content (AvgIpc) is 2.83. The van der Waals surface area contributed by atoms with Gasteiger partial charge in [-0.25, -0.2) is 4.79 Å². The van der Waals surface area contributed by atoms with Gasteiger partial charge >= 0.3 is 6.09 Å². The van der Waals surface area contributed by atoms with Crippen LogP contribution in [0.2, 0.25) is 0 Å². The summed E-state index contributed by atoms with van der Waals surface area (Å²) in [6.07, 6.45) is -1.19. The number of rotatable bonds is 2. The van der Waals surface area contributed by atoms with E-state index in [4.69, 9.17) is 0 Å². The minimum absolute atomic E-state index is 0.0129. The lowest BCUT2D eigenvalue weighted by Gasteiger charge is -2.13. The van der Waals surface area contributed by atoms with Crippen molar-refractivity contribution in [3.05, 3.63) is 38.9 Å². The lowest BCUT2D eigenvalue weighted by atomic mass is 10.1. The number of nitrogens with zero attached hydrogens (tertiary/aromatic N) is 1. The van der Waals surface area contributed by atoms with Gasteiger partial charge in [-0.3, -0.25) is 34.7 Å². The van der Waals surface area contributed by atoms with Gasteiger partial charge in [-0.2, -0.15) is 0 Å². The number of aromatic amines is 2. The minimum atomic E-state index is -1.12. The molecule has 1 aromatic carbocycles. The number of fused-ring (bicyclic) bond motifs is 1. The molecular formula is C13H10N4O6. The number of amides is 3. The smallest absolute Gasteiger partial charge is 0.311 e. The van der Waals surface area contributed by atoms with Gasteiger partial charge in [0.2, 0.25) is 0 Å². The zero-order valence-electron chi connectivity index (χ0n) is 11.5. The summed E-state index contributed by atoms with van der Waals surface area (Å²) in [4.78, 5) is 62.7. The number of hydroxylamine groups is 2. The van der Waals surface area contributed by atoms with Crippen molar-refractivity contribution < 1.29 is 19.2 Å². The second kappa shape index (κ2) is 5.40. The quantitative estimate of drug-likeness (QED) is 0.656. The van der Waals surface area contributed by atoms with Crippen molar-refractivity contribution in [1.29, 1.82) is 0 Å². The third kappa shape index (κ3) is 2.57. The molecular weight excluding hydrogens is 308 g/mol. The standard InChI is InChI=1S/C13H10N4O6/c18-8-4-5-9(19)17(8)23-13(22)14-7-3-1-2-6-10(7)12(21)16-15-11(6)20/h1-3H,4-5H2,(H,14,22)(H,15,20)(H,16,21). The Bertz CT molecular complexity index is 927. The Morgan fingerprint density at radius 3 is 2.39 bits per heavy atom. The number of carbonyl (C=O) groups is 3. The molecule has 10 nitrogen and oxygen atoms in total. The van der Waals surface area contributed by atoms with Crippen molar-refractivity contribution in [2.24, 2.45) is 0 Å². The largest absolute Gasteiger partial charge is 0.436 e. The fraction of sp³-hybridized carbons (Fsp3) is 0.154. The van der Waals surface area contributed by atoms with E-state index in [0.717, 1.165) is 0 Å². The van der Waals surface area contributed by atoms with Crippen molar-refractivity contribution in [2.45, 2.75) is 12.8 Å². The Balaban J connectivity index is 1.90. The van der Waals surface area contributed by atoms with Gasteiger partial charge in [-0.05, 0) is 12.1 Å². The van der Waals surface area contributed by atoms with Gasteiger partial charge in [0.15, 0.2) is 0 Å². The molecule has 0 unspecified atom stereocenters. The summed E-state index contributed by atoms with van der Waals surface area (Å²) in [6, 6.07) is 4.25. The Labute approximate surface area is 127 Å². The first-order valence-electron chi connectivity index (χ1n) is 6.56. The molecule has 1 aliphatic heterocycles. The SMILES string of the molecule is O=C(Nc1cccc2c(=O)[nH][nH]c(=O)c12)ON1C(=O)CCC1=O. The maximum atomic E-state index is 11.8. The molecule has 0 aliphatic carbocycles. The number of aromatic nitrogens is 2. The molecule has 1 saturated heterocycles. The van der Waals surface area contributed by atoms with E-state index in [1.54, 1.807) is 0 Å². The van der Waals surface area contributed by atoms with Crippen LogP contribution in [0, 0.1) is 0 Å². The van der Waals surface area contributed by atoms with Gasteiger partial charge in [0.05, 0.1) is 16.5 Å². The zero-order chi connectivity index (χ0) is 16.6. The third-order valence-corrected chi connectivity index (χ3v) is 3.24. The number of hydrogen-bond donors (Lipinski definition) is 3. The van der Waals surface area contributed by atoms with Crippen molar-refractivity contribution in [3.8, 4) is 0 Å². The van der Waals surface area contributed by atoms with E-state index in [1.165, 1.54) is 18.2 Å². The molecule has 2 heterocycles. The van der Waals surface area contributed by atoms with Gasteiger partial charge in [0, 0.05) is 12.8 Å². The molecule has 10 heteroatoms. The van der Waals surface area contributed by atoms with Crippen LogP contribution in [0.4, 0.5) is 10.5 Å². The zero-order valence-corrected chi connectivity index (χ0v) is 11.5. The number of anilines is 1. The Morgan fingerprint density at radius 1 is 1.04 bits per heavy atom. The molecule has 1 aromatic heterocycles. The first kappa shape index (κ1) is 14.5. The second-order valence-electron chi connectivity index (χ2n) is 4.72. The van der Waals surface area contributed by atoms with E-state index in [1.807, 2.05) is 0 Å². The summed E-state index contributed by atoms with van der Waals surface area (Å²) in [6.45, 7) is 0.